The summed E-state index contributed by atoms with van der Waals surface area (Å²) >= 11 is 0. The van der Waals surface area contributed by atoms with Gasteiger partial charge in [0.05, 0.1) is 0 Å². The molecule has 0 aromatic heterocycles. The molecule has 0 fully saturated rings. The van der Waals surface area contributed by atoms with Gasteiger partial charge in [0.25, 0.3) is 6.17 Å². The third kappa shape index (κ3) is 5.71. The summed E-state index contributed by atoms with van der Waals surface area (Å²) in [6, 6.07) is 0. The van der Waals surface area contributed by atoms with Gasteiger partial charge in [-0.15, -0.1) is 0 Å². The zero-order valence-electron chi connectivity index (χ0n) is 9.87. The van der Waals surface area contributed by atoms with Crippen molar-refractivity contribution in [1.82, 2.24) is 0 Å². The zero-order valence-corrected chi connectivity index (χ0v) is 9.87. The van der Waals surface area contributed by atoms with Crippen LogP contribution in [-0.4, -0.2) is 49.7 Å². The molecule has 0 aliphatic rings. The van der Waals surface area contributed by atoms with Gasteiger partial charge in [0.2, 0.25) is 0 Å². The van der Waals surface area contributed by atoms with Gasteiger partial charge in [0, 0.05) is 0 Å². The first kappa shape index (κ1) is 20.5. The lowest BCUT2D eigenvalue weighted by Crippen LogP contribution is -2.45. The van der Waals surface area contributed by atoms with Gasteiger partial charge in [-0.1, -0.05) is 0 Å². The molecular weight excluding hydrogens is 353 g/mol. The maximum absolute atomic E-state index is 12.6. The highest BCUT2D eigenvalue weighted by atomic mass is 19.4. The number of carbonyl (C=O) groups is 1. The Morgan fingerprint density at radius 1 is 0.818 bits per heavy atom. The fourth-order valence-corrected chi connectivity index (χ4v) is 0.741. The Kier molecular flexibility index (Phi) is 5.89. The number of alkyl halides is 11. The van der Waals surface area contributed by atoms with Crippen LogP contribution in [0.15, 0.2) is 0 Å². The summed E-state index contributed by atoms with van der Waals surface area (Å²) < 4.78 is 138. The molecule has 0 aliphatic carbocycles. The van der Waals surface area contributed by atoms with Crippen LogP contribution < -0.4 is 0 Å². The van der Waals surface area contributed by atoms with Crippen molar-refractivity contribution in [3.05, 3.63) is 0 Å². The van der Waals surface area contributed by atoms with E-state index in [9.17, 15) is 53.1 Å². The summed E-state index contributed by atoms with van der Waals surface area (Å²) in [6.45, 7) is -5.23. The van der Waals surface area contributed by atoms with E-state index in [4.69, 9.17) is 0 Å². The fourth-order valence-electron chi connectivity index (χ4n) is 0.741. The predicted octanol–water partition coefficient (Wildman–Crippen LogP) is 3.87. The number of halogens is 11. The van der Waals surface area contributed by atoms with Crippen LogP contribution in [0.1, 0.15) is 0 Å². The number of carbonyl (C=O) groups excluding carboxylic acids is 1. The first-order chi connectivity index (χ1) is 9.51. The molecule has 0 amide bonds. The minimum absolute atomic E-state index is 2.56. The van der Waals surface area contributed by atoms with Crippen LogP contribution >= 0.6 is 0 Å². The average Bonchev–Trinajstić information content (AvgIpc) is 2.30. The van der Waals surface area contributed by atoms with Crippen molar-refractivity contribution in [1.29, 1.82) is 0 Å². The minimum atomic E-state index is -6.13. The standard InChI is InChI=1S/C8H5F11O3/c9-3(7(14,15)16)5(10,11)1-21-4(20)22-2-6(12,13)8(17,18)19/h3H,1-2H2/t3-/m1/s1. The van der Waals surface area contributed by atoms with E-state index < -0.39 is 49.7 Å². The Hall–Kier alpha value is -1.50. The van der Waals surface area contributed by atoms with Crippen molar-refractivity contribution in [2.75, 3.05) is 13.2 Å². The van der Waals surface area contributed by atoms with Crippen LogP contribution in [0.2, 0.25) is 0 Å². The highest BCUT2D eigenvalue weighted by Gasteiger charge is 2.59. The second-order valence-corrected chi connectivity index (χ2v) is 3.69. The number of hydrogen-bond donors (Lipinski definition) is 0. The quantitative estimate of drug-likeness (QED) is 0.553. The molecule has 1 atom stereocenters. The monoisotopic (exact) mass is 358 g/mol. The molecule has 0 aromatic rings. The predicted molar refractivity (Wildman–Crippen MR) is 44.2 cm³/mol. The van der Waals surface area contributed by atoms with Gasteiger partial charge in [-0.25, -0.2) is 9.18 Å². The Morgan fingerprint density at radius 2 is 1.23 bits per heavy atom. The molecule has 14 heteroatoms. The first-order valence-corrected chi connectivity index (χ1v) is 4.83. The number of rotatable bonds is 5. The van der Waals surface area contributed by atoms with E-state index in [2.05, 4.69) is 9.47 Å². The van der Waals surface area contributed by atoms with Gasteiger partial charge in [-0.05, 0) is 0 Å². The van der Waals surface area contributed by atoms with Crippen molar-refractivity contribution < 1.29 is 62.6 Å². The van der Waals surface area contributed by atoms with E-state index >= 15 is 0 Å². The van der Waals surface area contributed by atoms with Crippen molar-refractivity contribution in [2.45, 2.75) is 30.4 Å². The molecule has 0 aliphatic heterocycles. The second kappa shape index (κ2) is 6.32. The van der Waals surface area contributed by atoms with Gasteiger partial charge in [0.15, 0.2) is 13.2 Å². The maximum Gasteiger partial charge on any atom is 0.508 e. The maximum atomic E-state index is 12.6. The van der Waals surface area contributed by atoms with Crippen LogP contribution in [0.5, 0.6) is 0 Å². The van der Waals surface area contributed by atoms with Crippen LogP contribution in [0, 0.1) is 0 Å². The van der Waals surface area contributed by atoms with E-state index in [1.807, 2.05) is 0 Å². The average molecular weight is 358 g/mol. The van der Waals surface area contributed by atoms with E-state index in [0.717, 1.165) is 0 Å². The van der Waals surface area contributed by atoms with Crippen molar-refractivity contribution in [3.63, 3.8) is 0 Å². The van der Waals surface area contributed by atoms with Gasteiger partial charge in [-0.3, -0.25) is 0 Å². The van der Waals surface area contributed by atoms with Gasteiger partial charge >= 0.3 is 30.4 Å². The lowest BCUT2D eigenvalue weighted by Gasteiger charge is -2.22. The highest BCUT2D eigenvalue weighted by molar-refractivity contribution is 5.59. The van der Waals surface area contributed by atoms with Crippen LogP contribution in [-0.2, 0) is 9.47 Å². The summed E-state index contributed by atoms with van der Waals surface area (Å²) in [4.78, 5) is 10.5. The normalized spacial score (nSPS) is 15.4. The second-order valence-electron chi connectivity index (χ2n) is 3.69. The van der Waals surface area contributed by atoms with Crippen molar-refractivity contribution >= 4 is 6.16 Å². The molecule has 0 rings (SSSR count). The lowest BCUT2D eigenvalue weighted by molar-refractivity contribution is -0.293. The molecule has 22 heavy (non-hydrogen) atoms. The lowest BCUT2D eigenvalue weighted by atomic mass is 10.2. The third-order valence-electron chi connectivity index (χ3n) is 1.83. The molecule has 0 spiro atoms. The molecule has 0 unspecified atom stereocenters. The Bertz CT molecular complexity index is 386. The summed E-state index contributed by atoms with van der Waals surface area (Å²) in [5.41, 5.74) is 0. The molecule has 0 N–H and O–H groups in total. The van der Waals surface area contributed by atoms with Crippen LogP contribution in [0.25, 0.3) is 0 Å². The summed E-state index contributed by atoms with van der Waals surface area (Å²) in [7, 11) is 0. The van der Waals surface area contributed by atoms with E-state index in [-0.39, 0.29) is 0 Å². The molecule has 0 saturated carbocycles. The third-order valence-corrected chi connectivity index (χ3v) is 1.83. The summed E-state index contributed by atoms with van der Waals surface area (Å²) in [5.74, 6) is -10.8. The number of hydrogen-bond acceptors (Lipinski definition) is 3. The zero-order chi connectivity index (χ0) is 18.0. The Morgan fingerprint density at radius 3 is 1.59 bits per heavy atom. The summed E-state index contributed by atoms with van der Waals surface area (Å²) in [5, 5.41) is 0. The molecule has 0 saturated heterocycles. The highest BCUT2D eigenvalue weighted by Crippen LogP contribution is 2.36. The van der Waals surface area contributed by atoms with Crippen molar-refractivity contribution in [3.8, 4) is 0 Å². The van der Waals surface area contributed by atoms with Gasteiger partial charge in [0.1, 0.15) is 0 Å². The SMILES string of the molecule is O=C(OCC(F)(F)[C@@H](F)C(F)(F)F)OCC(F)(F)C(F)(F)F. The molecule has 0 radical (unpaired) electrons. The molecule has 0 bridgehead atoms. The largest absolute Gasteiger partial charge is 0.508 e. The van der Waals surface area contributed by atoms with Crippen LogP contribution in [0.3, 0.4) is 0 Å². The Balaban J connectivity index is 4.47. The van der Waals surface area contributed by atoms with Gasteiger partial charge < -0.3 is 9.47 Å². The molecular formula is C8H5F11O3. The first-order valence-electron chi connectivity index (χ1n) is 4.83. The molecule has 0 heterocycles. The van der Waals surface area contributed by atoms with Gasteiger partial charge in [-0.2, -0.15) is 43.9 Å². The fraction of sp³-hybridized carbons (Fsp3) is 0.875. The summed E-state index contributed by atoms with van der Waals surface area (Å²) in [6.07, 6.45) is -19.4. The number of ether oxygens (including phenoxy) is 2. The van der Waals surface area contributed by atoms with Crippen molar-refractivity contribution in [2.24, 2.45) is 0 Å². The topological polar surface area (TPSA) is 35.5 Å². The van der Waals surface area contributed by atoms with E-state index in [1.165, 1.54) is 0 Å². The molecule has 3 nitrogen and oxygen atoms in total. The smallest absolute Gasteiger partial charge is 0.428 e. The van der Waals surface area contributed by atoms with E-state index in [0.29, 0.717) is 0 Å². The van der Waals surface area contributed by atoms with E-state index in [1.54, 1.807) is 0 Å². The molecule has 132 valence electrons. The van der Waals surface area contributed by atoms with Crippen LogP contribution in [0.4, 0.5) is 53.1 Å². The molecule has 0 aromatic carbocycles. The Labute approximate surface area is 114 Å². The minimum Gasteiger partial charge on any atom is -0.428 e.